The number of aromatic amines is 1. The monoisotopic (exact) mass is 405 g/mol. The number of methoxy groups -OCH3 is 1. The van der Waals surface area contributed by atoms with Crippen molar-refractivity contribution in [2.45, 2.75) is 45.6 Å². The van der Waals surface area contributed by atoms with Gasteiger partial charge in [0, 0.05) is 11.3 Å². The highest BCUT2D eigenvalue weighted by Gasteiger charge is 2.20. The van der Waals surface area contributed by atoms with E-state index in [1.54, 1.807) is 13.3 Å². The van der Waals surface area contributed by atoms with Gasteiger partial charge in [-0.25, -0.2) is 4.98 Å². The zero-order valence-electron chi connectivity index (χ0n) is 17.6. The van der Waals surface area contributed by atoms with Crippen molar-refractivity contribution in [2.24, 2.45) is 0 Å². The van der Waals surface area contributed by atoms with E-state index in [-0.39, 0.29) is 12.0 Å². The number of aryl methyl sites for hydroxylation is 2. The highest BCUT2D eigenvalue weighted by Crippen LogP contribution is 2.34. The Labute approximate surface area is 176 Å². The third kappa shape index (κ3) is 4.17. The van der Waals surface area contributed by atoms with E-state index in [0.29, 0.717) is 23.0 Å². The van der Waals surface area contributed by atoms with Crippen molar-refractivity contribution in [3.63, 3.8) is 0 Å². The van der Waals surface area contributed by atoms with Crippen molar-refractivity contribution in [1.82, 2.24) is 9.97 Å². The number of nitrogens with one attached hydrogen (secondary N) is 2. The highest BCUT2D eigenvalue weighted by molar-refractivity contribution is 6.04. The molecule has 1 heterocycles. The van der Waals surface area contributed by atoms with E-state index in [9.17, 15) is 4.79 Å². The molecule has 30 heavy (non-hydrogen) atoms. The molecule has 0 aliphatic heterocycles. The molecule has 2 N–H and O–H groups in total. The fourth-order valence-corrected chi connectivity index (χ4v) is 3.88. The molecule has 1 aliphatic rings. The Hall–Kier alpha value is -3.28. The molecule has 0 spiro atoms. The van der Waals surface area contributed by atoms with Gasteiger partial charge in [0.25, 0.3) is 5.91 Å². The summed E-state index contributed by atoms with van der Waals surface area (Å²) in [5.41, 5.74) is 4.12. The number of H-pyrrole nitrogens is 1. The van der Waals surface area contributed by atoms with Gasteiger partial charge in [-0.3, -0.25) is 4.79 Å². The maximum atomic E-state index is 12.7. The summed E-state index contributed by atoms with van der Waals surface area (Å²) in [5, 5.41) is 2.98. The zero-order chi connectivity index (χ0) is 21.1. The maximum absolute atomic E-state index is 12.7. The SMILES string of the molecule is COc1ccc(-c2ncc(C(=O)Nc3c(C)cccc3C)[nH]2)cc1OC1CCCC1. The number of benzene rings is 2. The van der Waals surface area contributed by atoms with Crippen LogP contribution >= 0.6 is 0 Å². The van der Waals surface area contributed by atoms with Crippen LogP contribution in [0.15, 0.2) is 42.6 Å². The number of imidazole rings is 1. The average Bonchev–Trinajstić information content (AvgIpc) is 3.43. The maximum Gasteiger partial charge on any atom is 0.273 e. The first kappa shape index (κ1) is 20.0. The molecule has 0 radical (unpaired) electrons. The van der Waals surface area contributed by atoms with Gasteiger partial charge in [-0.2, -0.15) is 0 Å². The van der Waals surface area contributed by atoms with Crippen LogP contribution in [0.5, 0.6) is 11.5 Å². The molecule has 2 aromatic carbocycles. The molecule has 3 aromatic rings. The summed E-state index contributed by atoms with van der Waals surface area (Å²) in [5.74, 6) is 1.80. The van der Waals surface area contributed by atoms with Gasteiger partial charge in [0.2, 0.25) is 0 Å². The lowest BCUT2D eigenvalue weighted by Crippen LogP contribution is -2.14. The van der Waals surface area contributed by atoms with Crippen molar-refractivity contribution in [1.29, 1.82) is 0 Å². The molecule has 1 aromatic heterocycles. The minimum atomic E-state index is -0.220. The molecule has 6 heteroatoms. The van der Waals surface area contributed by atoms with Crippen LogP contribution in [0.1, 0.15) is 47.3 Å². The third-order valence-electron chi connectivity index (χ3n) is 5.57. The van der Waals surface area contributed by atoms with Gasteiger partial charge in [-0.15, -0.1) is 0 Å². The van der Waals surface area contributed by atoms with Crippen molar-refractivity contribution < 1.29 is 14.3 Å². The minimum absolute atomic E-state index is 0.220. The van der Waals surface area contributed by atoms with E-state index in [4.69, 9.17) is 9.47 Å². The van der Waals surface area contributed by atoms with E-state index in [0.717, 1.165) is 35.2 Å². The van der Waals surface area contributed by atoms with E-state index in [2.05, 4.69) is 15.3 Å². The van der Waals surface area contributed by atoms with Gasteiger partial charge < -0.3 is 19.8 Å². The van der Waals surface area contributed by atoms with Crippen LogP contribution in [-0.4, -0.2) is 29.1 Å². The number of amides is 1. The number of carbonyl (C=O) groups is 1. The quantitative estimate of drug-likeness (QED) is 0.585. The van der Waals surface area contributed by atoms with Crippen LogP contribution in [0, 0.1) is 13.8 Å². The second-order valence-corrected chi connectivity index (χ2v) is 7.76. The second-order valence-electron chi connectivity index (χ2n) is 7.76. The summed E-state index contributed by atoms with van der Waals surface area (Å²) >= 11 is 0. The normalized spacial score (nSPS) is 14.0. The summed E-state index contributed by atoms with van der Waals surface area (Å²) in [7, 11) is 1.64. The summed E-state index contributed by atoms with van der Waals surface area (Å²) in [6.07, 6.45) is 6.31. The zero-order valence-corrected chi connectivity index (χ0v) is 17.6. The number of hydrogen-bond acceptors (Lipinski definition) is 4. The molecule has 0 saturated heterocycles. The smallest absolute Gasteiger partial charge is 0.273 e. The van der Waals surface area contributed by atoms with Crippen LogP contribution < -0.4 is 14.8 Å². The number of hydrogen-bond donors (Lipinski definition) is 2. The lowest BCUT2D eigenvalue weighted by molar-refractivity contribution is 0.102. The van der Waals surface area contributed by atoms with Crippen LogP contribution in [-0.2, 0) is 0 Å². The predicted octanol–water partition coefficient (Wildman–Crippen LogP) is 5.28. The summed E-state index contributed by atoms with van der Waals surface area (Å²) < 4.78 is 11.6. The first-order valence-electron chi connectivity index (χ1n) is 10.3. The Balaban J connectivity index is 1.55. The molecule has 0 unspecified atom stereocenters. The van der Waals surface area contributed by atoms with Crippen molar-refractivity contribution in [3.05, 3.63) is 59.4 Å². The first-order chi connectivity index (χ1) is 14.5. The van der Waals surface area contributed by atoms with Crippen LogP contribution in [0.4, 0.5) is 5.69 Å². The van der Waals surface area contributed by atoms with Crippen LogP contribution in [0.3, 0.4) is 0 Å². The molecule has 0 atom stereocenters. The molecular weight excluding hydrogens is 378 g/mol. The van der Waals surface area contributed by atoms with Gasteiger partial charge in [0.15, 0.2) is 11.5 Å². The van der Waals surface area contributed by atoms with Gasteiger partial charge in [0.1, 0.15) is 11.5 Å². The van der Waals surface area contributed by atoms with Crippen LogP contribution in [0.25, 0.3) is 11.4 Å². The Morgan fingerprint density at radius 3 is 2.53 bits per heavy atom. The number of carbonyl (C=O) groups excluding carboxylic acids is 1. The molecule has 4 rings (SSSR count). The fourth-order valence-electron chi connectivity index (χ4n) is 3.88. The lowest BCUT2D eigenvalue weighted by atomic mass is 10.1. The standard InChI is InChI=1S/C24H27N3O3/c1-15-7-6-8-16(2)22(15)27-24(28)19-14-25-23(26-19)17-11-12-20(29-3)21(13-17)30-18-9-4-5-10-18/h6-8,11-14,18H,4-5,9-10H2,1-3H3,(H,25,26)(H,27,28). The number of anilines is 1. The number of aromatic nitrogens is 2. The van der Waals surface area contributed by atoms with Crippen molar-refractivity contribution in [3.8, 4) is 22.9 Å². The molecular formula is C24H27N3O3. The molecule has 1 fully saturated rings. The van der Waals surface area contributed by atoms with E-state index in [1.165, 1.54) is 12.8 Å². The number of para-hydroxylation sites is 1. The number of nitrogens with zero attached hydrogens (tertiary/aromatic N) is 1. The first-order valence-corrected chi connectivity index (χ1v) is 10.3. The highest BCUT2D eigenvalue weighted by atomic mass is 16.5. The summed E-state index contributed by atoms with van der Waals surface area (Å²) in [6.45, 7) is 3.95. The predicted molar refractivity (Wildman–Crippen MR) is 117 cm³/mol. The molecule has 0 bridgehead atoms. The van der Waals surface area contributed by atoms with Gasteiger partial charge >= 0.3 is 0 Å². The molecule has 6 nitrogen and oxygen atoms in total. The van der Waals surface area contributed by atoms with Crippen molar-refractivity contribution in [2.75, 3.05) is 12.4 Å². The molecule has 1 amide bonds. The Morgan fingerprint density at radius 1 is 1.10 bits per heavy atom. The molecule has 1 aliphatic carbocycles. The second kappa shape index (κ2) is 8.61. The minimum Gasteiger partial charge on any atom is -0.493 e. The third-order valence-corrected chi connectivity index (χ3v) is 5.57. The topological polar surface area (TPSA) is 76.2 Å². The molecule has 1 saturated carbocycles. The largest absolute Gasteiger partial charge is 0.493 e. The summed E-state index contributed by atoms with van der Waals surface area (Å²) in [4.78, 5) is 20.3. The van der Waals surface area contributed by atoms with E-state index >= 15 is 0 Å². The van der Waals surface area contributed by atoms with E-state index in [1.807, 2.05) is 50.2 Å². The Bertz CT molecular complexity index is 1030. The number of rotatable bonds is 6. The fraction of sp³-hybridized carbons (Fsp3) is 0.333. The Kier molecular flexibility index (Phi) is 5.74. The van der Waals surface area contributed by atoms with Gasteiger partial charge in [0.05, 0.1) is 19.4 Å². The van der Waals surface area contributed by atoms with Crippen LogP contribution in [0.2, 0.25) is 0 Å². The van der Waals surface area contributed by atoms with Crippen molar-refractivity contribution >= 4 is 11.6 Å². The lowest BCUT2D eigenvalue weighted by Gasteiger charge is -2.16. The van der Waals surface area contributed by atoms with Gasteiger partial charge in [-0.05, 0) is 68.9 Å². The average molecular weight is 405 g/mol. The number of ether oxygens (including phenoxy) is 2. The molecule has 156 valence electrons. The summed E-state index contributed by atoms with van der Waals surface area (Å²) in [6, 6.07) is 11.6. The Morgan fingerprint density at radius 2 is 1.83 bits per heavy atom. The van der Waals surface area contributed by atoms with E-state index < -0.39 is 0 Å². The van der Waals surface area contributed by atoms with Gasteiger partial charge in [-0.1, -0.05) is 18.2 Å².